The van der Waals surface area contributed by atoms with Gasteiger partial charge in [0, 0.05) is 63.4 Å². The normalized spacial score (nSPS) is 15.8. The molecule has 1 aliphatic rings. The molecule has 1 N–H and O–H groups in total. The molecule has 0 amide bonds. The zero-order valence-electron chi connectivity index (χ0n) is 13.2. The van der Waals surface area contributed by atoms with Crippen molar-refractivity contribution in [1.82, 2.24) is 19.4 Å². The average Bonchev–Trinajstić information content (AvgIpc) is 2.59. The van der Waals surface area contributed by atoms with Crippen molar-refractivity contribution in [2.24, 2.45) is 0 Å². The third kappa shape index (κ3) is 3.50. The first-order valence-electron chi connectivity index (χ1n) is 7.84. The van der Waals surface area contributed by atoms with Gasteiger partial charge >= 0.3 is 0 Å². The zero-order chi connectivity index (χ0) is 16.2. The summed E-state index contributed by atoms with van der Waals surface area (Å²) in [6.07, 6.45) is 5.03. The Morgan fingerprint density at radius 2 is 1.87 bits per heavy atom. The van der Waals surface area contributed by atoms with E-state index in [-0.39, 0.29) is 11.2 Å². The fraction of sp³-hybridized carbons (Fsp3) is 0.438. The molecule has 0 aliphatic carbocycles. The molecule has 0 aromatic carbocycles. The van der Waals surface area contributed by atoms with Gasteiger partial charge in [-0.25, -0.2) is 9.97 Å². The van der Waals surface area contributed by atoms with Crippen LogP contribution in [0.5, 0.6) is 5.75 Å². The molecule has 3 rings (SSSR count). The van der Waals surface area contributed by atoms with Crippen LogP contribution in [0.3, 0.4) is 0 Å². The van der Waals surface area contributed by atoms with E-state index in [0.29, 0.717) is 6.54 Å². The summed E-state index contributed by atoms with van der Waals surface area (Å²) >= 11 is 0. The van der Waals surface area contributed by atoms with E-state index in [1.54, 1.807) is 12.4 Å². The van der Waals surface area contributed by atoms with Gasteiger partial charge in [0.1, 0.15) is 0 Å². The molecule has 1 fully saturated rings. The van der Waals surface area contributed by atoms with Crippen molar-refractivity contribution in [2.75, 3.05) is 31.1 Å². The van der Waals surface area contributed by atoms with Gasteiger partial charge < -0.3 is 14.6 Å². The number of piperazine rings is 1. The molecule has 7 heteroatoms. The number of hydrogen-bond donors (Lipinski definition) is 1. The molecule has 2 aromatic rings. The number of hydrogen-bond acceptors (Lipinski definition) is 6. The summed E-state index contributed by atoms with van der Waals surface area (Å²) in [7, 11) is 0. The summed E-state index contributed by atoms with van der Waals surface area (Å²) in [5, 5.41) is 9.55. The first-order chi connectivity index (χ1) is 11.2. The molecule has 0 bridgehead atoms. The van der Waals surface area contributed by atoms with Crippen LogP contribution in [0.25, 0.3) is 0 Å². The van der Waals surface area contributed by atoms with E-state index >= 15 is 0 Å². The highest BCUT2D eigenvalue weighted by Crippen LogP contribution is 2.13. The SMILES string of the molecule is CCn1cc(O)c(=O)cc1CN1CCN(c2ncccn2)CC1. The zero-order valence-corrected chi connectivity index (χ0v) is 13.2. The van der Waals surface area contributed by atoms with Crippen LogP contribution < -0.4 is 10.3 Å². The lowest BCUT2D eigenvalue weighted by Gasteiger charge is -2.35. The predicted octanol–water partition coefficient (Wildman–Crippen LogP) is 0.686. The van der Waals surface area contributed by atoms with Crippen LogP contribution in [0.1, 0.15) is 12.6 Å². The molecule has 2 aromatic heterocycles. The van der Waals surface area contributed by atoms with E-state index in [0.717, 1.165) is 44.4 Å². The topological polar surface area (TPSA) is 74.5 Å². The van der Waals surface area contributed by atoms with Gasteiger partial charge in [-0.05, 0) is 13.0 Å². The van der Waals surface area contributed by atoms with Gasteiger partial charge in [-0.3, -0.25) is 9.69 Å². The second kappa shape index (κ2) is 6.78. The van der Waals surface area contributed by atoms with Crippen LogP contribution in [0.15, 0.2) is 35.5 Å². The summed E-state index contributed by atoms with van der Waals surface area (Å²) < 4.78 is 1.92. The van der Waals surface area contributed by atoms with E-state index in [9.17, 15) is 9.90 Å². The Kier molecular flexibility index (Phi) is 4.57. The lowest BCUT2D eigenvalue weighted by atomic mass is 10.2. The van der Waals surface area contributed by atoms with Crippen LogP contribution in [-0.2, 0) is 13.1 Å². The largest absolute Gasteiger partial charge is 0.503 e. The molecule has 0 unspecified atom stereocenters. The van der Waals surface area contributed by atoms with Crippen LogP contribution >= 0.6 is 0 Å². The Balaban J connectivity index is 1.65. The monoisotopic (exact) mass is 315 g/mol. The Hall–Kier alpha value is -2.41. The van der Waals surface area contributed by atoms with Crippen LogP contribution in [0.2, 0.25) is 0 Å². The molecule has 1 saturated heterocycles. The fourth-order valence-electron chi connectivity index (χ4n) is 2.82. The van der Waals surface area contributed by atoms with E-state index in [1.165, 1.54) is 12.3 Å². The molecule has 3 heterocycles. The van der Waals surface area contributed by atoms with Gasteiger partial charge in [-0.15, -0.1) is 0 Å². The van der Waals surface area contributed by atoms with Gasteiger partial charge in [0.05, 0.1) is 6.20 Å². The second-order valence-corrected chi connectivity index (χ2v) is 5.61. The maximum absolute atomic E-state index is 11.7. The smallest absolute Gasteiger partial charge is 0.225 e. The minimum atomic E-state index is -0.318. The number of aromatic nitrogens is 3. The lowest BCUT2D eigenvalue weighted by Crippen LogP contribution is -2.46. The number of anilines is 1. The van der Waals surface area contributed by atoms with Crippen molar-refractivity contribution in [1.29, 1.82) is 0 Å². The summed E-state index contributed by atoms with van der Waals surface area (Å²) in [5.74, 6) is 0.573. The van der Waals surface area contributed by atoms with Crippen LogP contribution in [0, 0.1) is 0 Å². The van der Waals surface area contributed by atoms with E-state index in [4.69, 9.17) is 0 Å². The van der Waals surface area contributed by atoms with E-state index in [1.807, 2.05) is 17.6 Å². The first-order valence-corrected chi connectivity index (χ1v) is 7.84. The lowest BCUT2D eigenvalue weighted by molar-refractivity contribution is 0.242. The number of aryl methyl sites for hydroxylation is 1. The Labute approximate surface area is 134 Å². The summed E-state index contributed by atoms with van der Waals surface area (Å²) in [4.78, 5) is 24.7. The molecule has 0 atom stereocenters. The van der Waals surface area contributed by atoms with Gasteiger partial charge in [-0.1, -0.05) is 0 Å². The van der Waals surface area contributed by atoms with Crippen molar-refractivity contribution < 1.29 is 5.11 Å². The third-order valence-electron chi connectivity index (χ3n) is 4.13. The molecule has 122 valence electrons. The van der Waals surface area contributed by atoms with Gasteiger partial charge in [0.15, 0.2) is 5.75 Å². The quantitative estimate of drug-likeness (QED) is 0.894. The molecule has 23 heavy (non-hydrogen) atoms. The third-order valence-corrected chi connectivity index (χ3v) is 4.13. The number of nitrogens with zero attached hydrogens (tertiary/aromatic N) is 5. The maximum Gasteiger partial charge on any atom is 0.225 e. The number of aromatic hydroxyl groups is 1. The van der Waals surface area contributed by atoms with Crippen molar-refractivity contribution in [2.45, 2.75) is 20.0 Å². The van der Waals surface area contributed by atoms with E-state index < -0.39 is 0 Å². The minimum Gasteiger partial charge on any atom is -0.503 e. The van der Waals surface area contributed by atoms with Crippen molar-refractivity contribution >= 4 is 5.95 Å². The van der Waals surface area contributed by atoms with Gasteiger partial charge in [-0.2, -0.15) is 0 Å². The molecule has 0 spiro atoms. The molecule has 1 aliphatic heterocycles. The van der Waals surface area contributed by atoms with Crippen molar-refractivity contribution in [3.8, 4) is 5.75 Å². The Bertz CT molecular complexity index is 708. The summed E-state index contributed by atoms with van der Waals surface area (Å²) in [5.41, 5.74) is 0.612. The highest BCUT2D eigenvalue weighted by atomic mass is 16.3. The maximum atomic E-state index is 11.7. The number of pyridine rings is 1. The highest BCUT2D eigenvalue weighted by Gasteiger charge is 2.19. The first kappa shape index (κ1) is 15.5. The summed E-state index contributed by atoms with van der Waals surface area (Å²) in [6.45, 7) is 6.91. The van der Waals surface area contributed by atoms with Crippen molar-refractivity contribution in [3.63, 3.8) is 0 Å². The standard InChI is InChI=1S/C16H21N5O2/c1-2-20-12-15(23)14(22)10-13(20)11-19-6-8-21(9-7-19)16-17-4-3-5-18-16/h3-5,10,12,23H,2,6-9,11H2,1H3. The Morgan fingerprint density at radius 3 is 2.52 bits per heavy atom. The van der Waals surface area contributed by atoms with Crippen LogP contribution in [-0.4, -0.2) is 50.7 Å². The van der Waals surface area contributed by atoms with Gasteiger partial charge in [0.25, 0.3) is 0 Å². The van der Waals surface area contributed by atoms with Crippen molar-refractivity contribution in [3.05, 3.63) is 46.6 Å². The molecule has 7 nitrogen and oxygen atoms in total. The van der Waals surface area contributed by atoms with Crippen LogP contribution in [0.4, 0.5) is 5.95 Å². The number of rotatable bonds is 4. The average molecular weight is 315 g/mol. The molecule has 0 radical (unpaired) electrons. The molecule has 0 saturated carbocycles. The Morgan fingerprint density at radius 1 is 1.17 bits per heavy atom. The predicted molar refractivity (Wildman–Crippen MR) is 87.6 cm³/mol. The highest BCUT2D eigenvalue weighted by molar-refractivity contribution is 5.29. The van der Waals surface area contributed by atoms with E-state index in [2.05, 4.69) is 19.8 Å². The summed E-state index contributed by atoms with van der Waals surface area (Å²) in [6, 6.07) is 3.35. The van der Waals surface area contributed by atoms with Gasteiger partial charge in [0.2, 0.25) is 11.4 Å². The minimum absolute atomic E-state index is 0.193. The molecular weight excluding hydrogens is 294 g/mol. The molecular formula is C16H21N5O2. The second-order valence-electron chi connectivity index (χ2n) is 5.61. The fourth-order valence-corrected chi connectivity index (χ4v) is 2.82.